The Labute approximate surface area is 114 Å². The van der Waals surface area contributed by atoms with E-state index in [2.05, 4.69) is 0 Å². The first kappa shape index (κ1) is 8.44. The average Bonchev–Trinajstić information content (AvgIpc) is 2.45. The Morgan fingerprint density at radius 1 is 1.39 bits per heavy atom. The van der Waals surface area contributed by atoms with Gasteiger partial charge in [-0.1, -0.05) is 13.3 Å². The van der Waals surface area contributed by atoms with Crippen LogP contribution in [-0.2, 0) is 9.53 Å². The van der Waals surface area contributed by atoms with Gasteiger partial charge < -0.3 is 30.5 Å². The minimum absolute atomic E-state index is 0.727. The monoisotopic (exact) mass is 269 g/mol. The maximum Gasteiger partial charge on any atom is 0.220 e. The predicted molar refractivity (Wildman–Crippen MR) is 61.4 cm³/mol. The molecule has 106 valence electrons. The highest BCUT2D eigenvalue weighted by molar-refractivity contribution is 5.76. The molecule has 0 radical (unpaired) electrons. The summed E-state index contributed by atoms with van der Waals surface area (Å²) in [5.41, 5.74) is 0. The minimum Gasteiger partial charge on any atom is -0.394 e. The molecule has 1 rings (SSSR count). The summed E-state index contributed by atoms with van der Waals surface area (Å²) in [6.07, 6.45) is -16.0. The molecule has 1 aliphatic rings. The molecule has 0 spiro atoms. The van der Waals surface area contributed by atoms with Crippen LogP contribution in [0.3, 0.4) is 0 Å². The van der Waals surface area contributed by atoms with E-state index >= 15 is 0 Å². The number of carbonyl (C=O) groups excluding carboxylic acids is 1. The molecule has 0 aliphatic carbocycles. The molecule has 1 heterocycles. The highest BCUT2D eigenvalue weighted by Gasteiger charge is 2.44. The SMILES string of the molecule is [2H]C([2H])(C)C([2H])([2H])C([2H])([2H])C(=O)N[C@H]1C(O)O[C@H](CO)[C@@H](O)[C@@H]1O. The fraction of sp³-hybridized carbons (Fsp3) is 0.909. The number of aliphatic hydroxyl groups is 4. The summed E-state index contributed by atoms with van der Waals surface area (Å²) in [6, 6.07) is -1.70. The van der Waals surface area contributed by atoms with Crippen LogP contribution in [0.2, 0.25) is 0 Å². The molecule has 1 aliphatic heterocycles. The Balaban J connectivity index is 2.98. The quantitative estimate of drug-likeness (QED) is 0.397. The highest BCUT2D eigenvalue weighted by atomic mass is 16.6. The van der Waals surface area contributed by atoms with Crippen molar-refractivity contribution in [3.05, 3.63) is 0 Å². The van der Waals surface area contributed by atoms with Gasteiger partial charge in [-0.15, -0.1) is 0 Å². The third-order valence-electron chi connectivity index (χ3n) is 2.50. The highest BCUT2D eigenvalue weighted by Crippen LogP contribution is 2.19. The van der Waals surface area contributed by atoms with Crippen molar-refractivity contribution in [2.24, 2.45) is 0 Å². The van der Waals surface area contributed by atoms with Crippen LogP contribution >= 0.6 is 0 Å². The van der Waals surface area contributed by atoms with Crippen molar-refractivity contribution in [2.45, 2.75) is 56.7 Å². The normalized spacial score (nSPS) is 43.7. The summed E-state index contributed by atoms with van der Waals surface area (Å²) in [4.78, 5) is 12.1. The van der Waals surface area contributed by atoms with E-state index in [1.54, 1.807) is 0 Å². The van der Waals surface area contributed by atoms with Crippen molar-refractivity contribution in [1.29, 1.82) is 0 Å². The molecular formula is C11H21NO6. The molecule has 0 bridgehead atoms. The van der Waals surface area contributed by atoms with E-state index in [1.807, 2.05) is 5.32 Å². The largest absolute Gasteiger partial charge is 0.394 e. The lowest BCUT2D eigenvalue weighted by atomic mass is 9.97. The fourth-order valence-electron chi connectivity index (χ4n) is 1.56. The van der Waals surface area contributed by atoms with Gasteiger partial charge in [0.05, 0.1) is 6.61 Å². The molecule has 1 fully saturated rings. The van der Waals surface area contributed by atoms with Crippen LogP contribution in [0.1, 0.15) is 34.3 Å². The number of carbonyl (C=O) groups is 1. The Morgan fingerprint density at radius 2 is 2.06 bits per heavy atom. The van der Waals surface area contributed by atoms with Gasteiger partial charge >= 0.3 is 0 Å². The lowest BCUT2D eigenvalue weighted by molar-refractivity contribution is -0.253. The molecule has 5 N–H and O–H groups in total. The number of amides is 1. The van der Waals surface area contributed by atoms with Crippen LogP contribution in [0.15, 0.2) is 0 Å². The first-order chi connectivity index (χ1) is 10.7. The van der Waals surface area contributed by atoms with E-state index in [0.717, 1.165) is 6.92 Å². The zero-order valence-electron chi connectivity index (χ0n) is 15.7. The second-order valence-electron chi connectivity index (χ2n) is 3.73. The second-order valence-corrected chi connectivity index (χ2v) is 3.73. The van der Waals surface area contributed by atoms with Gasteiger partial charge in [-0.25, -0.2) is 0 Å². The molecule has 5 atom stereocenters. The van der Waals surface area contributed by atoms with Crippen molar-refractivity contribution < 1.29 is 38.2 Å². The van der Waals surface area contributed by atoms with Crippen LogP contribution in [0.5, 0.6) is 0 Å². The molecule has 0 aromatic rings. The Bertz CT molecular complexity index is 472. The Hall–Kier alpha value is -0.730. The number of hydrogen-bond donors (Lipinski definition) is 5. The van der Waals surface area contributed by atoms with E-state index in [-0.39, 0.29) is 0 Å². The summed E-state index contributed by atoms with van der Waals surface area (Å²) in [5.74, 6) is -1.64. The zero-order valence-corrected chi connectivity index (χ0v) is 9.70. The van der Waals surface area contributed by atoms with Crippen LogP contribution in [0.25, 0.3) is 0 Å². The van der Waals surface area contributed by atoms with Gasteiger partial charge in [-0.2, -0.15) is 0 Å². The van der Waals surface area contributed by atoms with Crippen molar-refractivity contribution in [1.82, 2.24) is 5.32 Å². The van der Waals surface area contributed by atoms with E-state index in [0.29, 0.717) is 0 Å². The van der Waals surface area contributed by atoms with Gasteiger partial charge in [-0.05, 0) is 6.37 Å². The van der Waals surface area contributed by atoms with E-state index < -0.39 is 62.3 Å². The Kier molecular flexibility index (Phi) is 3.29. The second kappa shape index (κ2) is 7.01. The van der Waals surface area contributed by atoms with Gasteiger partial charge in [0, 0.05) is 14.6 Å². The molecule has 0 aromatic carbocycles. The van der Waals surface area contributed by atoms with Crippen molar-refractivity contribution in [3.8, 4) is 0 Å². The van der Waals surface area contributed by atoms with Crippen LogP contribution in [-0.4, -0.2) is 63.6 Å². The summed E-state index contributed by atoms with van der Waals surface area (Å²) in [6.45, 7) is 0.0382. The minimum atomic E-state index is -3.36. The first-order valence-electron chi connectivity index (χ1n) is 8.30. The third kappa shape index (κ3) is 3.63. The van der Waals surface area contributed by atoms with Crippen molar-refractivity contribution >= 4 is 5.91 Å². The number of nitrogens with one attached hydrogen (secondary N) is 1. The van der Waals surface area contributed by atoms with Crippen LogP contribution < -0.4 is 5.32 Å². The number of aliphatic hydroxyl groups excluding tert-OH is 4. The molecule has 0 aromatic heterocycles. The van der Waals surface area contributed by atoms with Crippen LogP contribution in [0.4, 0.5) is 0 Å². The van der Waals surface area contributed by atoms with Gasteiger partial charge in [0.25, 0.3) is 0 Å². The number of hydrogen-bond acceptors (Lipinski definition) is 6. The molecule has 1 saturated heterocycles. The maximum absolute atomic E-state index is 12.1. The number of rotatable bonds is 5. The lowest BCUT2D eigenvalue weighted by Gasteiger charge is -2.40. The topological polar surface area (TPSA) is 119 Å². The molecule has 1 unspecified atom stereocenters. The predicted octanol–water partition coefficient (Wildman–Crippen LogP) is -1.91. The van der Waals surface area contributed by atoms with E-state index in [1.165, 1.54) is 0 Å². The summed E-state index contributed by atoms with van der Waals surface area (Å²) < 4.78 is 49.8. The maximum atomic E-state index is 12.1. The van der Waals surface area contributed by atoms with Crippen molar-refractivity contribution in [3.63, 3.8) is 0 Å². The molecule has 7 nitrogen and oxygen atoms in total. The van der Waals surface area contributed by atoms with Crippen LogP contribution in [0, 0.1) is 0 Å². The zero-order chi connectivity index (χ0) is 19.1. The lowest BCUT2D eigenvalue weighted by Crippen LogP contribution is -2.64. The third-order valence-corrected chi connectivity index (χ3v) is 2.50. The van der Waals surface area contributed by atoms with Gasteiger partial charge in [0.15, 0.2) is 6.29 Å². The molecule has 1 amide bonds. The van der Waals surface area contributed by atoms with E-state index in [4.69, 9.17) is 18.1 Å². The summed E-state index contributed by atoms with van der Waals surface area (Å²) in [5, 5.41) is 40.1. The standard InChI is InChI=1S/C11H21NO6/c1-2-3-4-7(14)12-8-10(16)9(15)6(5-13)18-11(8)17/h6,8-11,13,15-17H,2-5H2,1H3,(H,12,14)/t6-,8-,9-,10-,11?/m1/s1/i2D2,3D2,4D2. The first-order valence-corrected chi connectivity index (χ1v) is 5.30. The molecule has 0 saturated carbocycles. The Morgan fingerprint density at radius 3 is 2.61 bits per heavy atom. The summed E-state index contributed by atoms with van der Waals surface area (Å²) >= 11 is 0. The van der Waals surface area contributed by atoms with Gasteiger partial charge in [0.1, 0.15) is 24.4 Å². The molecule has 7 heteroatoms. The van der Waals surface area contributed by atoms with Gasteiger partial charge in [-0.3, -0.25) is 4.79 Å². The van der Waals surface area contributed by atoms with Crippen molar-refractivity contribution in [2.75, 3.05) is 6.61 Å². The average molecular weight is 269 g/mol. The molecular weight excluding hydrogens is 242 g/mol. The fourth-order valence-corrected chi connectivity index (χ4v) is 1.56. The molecule has 18 heavy (non-hydrogen) atoms. The van der Waals surface area contributed by atoms with Gasteiger partial charge in [0.2, 0.25) is 5.91 Å². The summed E-state index contributed by atoms with van der Waals surface area (Å²) in [7, 11) is 0. The van der Waals surface area contributed by atoms with E-state index in [9.17, 15) is 20.1 Å². The smallest absolute Gasteiger partial charge is 0.220 e. The number of ether oxygens (including phenoxy) is 1.